The molecule has 0 aromatic carbocycles. The van der Waals surface area contributed by atoms with E-state index in [2.05, 4.69) is 0 Å². The SMILES string of the molecule is CCOC(=O)C1(C2(O)CCC2)CCSC1. The van der Waals surface area contributed by atoms with Crippen molar-refractivity contribution in [2.45, 2.75) is 38.2 Å². The lowest BCUT2D eigenvalue weighted by Crippen LogP contribution is -2.58. The minimum absolute atomic E-state index is 0.183. The molecule has 15 heavy (non-hydrogen) atoms. The summed E-state index contributed by atoms with van der Waals surface area (Å²) in [7, 11) is 0. The van der Waals surface area contributed by atoms with Gasteiger partial charge < -0.3 is 9.84 Å². The van der Waals surface area contributed by atoms with Gasteiger partial charge in [0.15, 0.2) is 0 Å². The van der Waals surface area contributed by atoms with Crippen molar-refractivity contribution in [3.8, 4) is 0 Å². The van der Waals surface area contributed by atoms with Crippen molar-refractivity contribution >= 4 is 17.7 Å². The number of rotatable bonds is 3. The zero-order valence-electron chi connectivity index (χ0n) is 9.12. The molecule has 4 heteroatoms. The van der Waals surface area contributed by atoms with Crippen LogP contribution in [0.5, 0.6) is 0 Å². The Morgan fingerprint density at radius 1 is 1.47 bits per heavy atom. The first-order valence-electron chi connectivity index (χ1n) is 5.62. The third kappa shape index (κ3) is 1.58. The molecule has 0 bridgehead atoms. The summed E-state index contributed by atoms with van der Waals surface area (Å²) in [6.45, 7) is 2.22. The molecule has 2 aliphatic rings. The van der Waals surface area contributed by atoms with Crippen molar-refractivity contribution in [1.29, 1.82) is 0 Å². The van der Waals surface area contributed by atoms with Crippen LogP contribution in [0.25, 0.3) is 0 Å². The average Bonchev–Trinajstić information content (AvgIpc) is 2.64. The molecule has 0 aromatic rings. The predicted octanol–water partition coefficient (Wildman–Crippen LogP) is 1.59. The van der Waals surface area contributed by atoms with Crippen LogP contribution in [0.1, 0.15) is 32.6 Å². The quantitative estimate of drug-likeness (QED) is 0.748. The Balaban J connectivity index is 2.20. The van der Waals surface area contributed by atoms with Gasteiger partial charge in [0.05, 0.1) is 12.2 Å². The first-order valence-corrected chi connectivity index (χ1v) is 6.77. The van der Waals surface area contributed by atoms with E-state index in [0.29, 0.717) is 6.61 Å². The van der Waals surface area contributed by atoms with Crippen LogP contribution in [0.3, 0.4) is 0 Å². The van der Waals surface area contributed by atoms with E-state index in [1.807, 2.05) is 6.92 Å². The number of hydrogen-bond donors (Lipinski definition) is 1. The van der Waals surface area contributed by atoms with E-state index in [-0.39, 0.29) is 5.97 Å². The van der Waals surface area contributed by atoms with Crippen molar-refractivity contribution in [1.82, 2.24) is 0 Å². The number of thioether (sulfide) groups is 1. The lowest BCUT2D eigenvalue weighted by molar-refractivity contribution is -0.184. The molecule has 0 spiro atoms. The van der Waals surface area contributed by atoms with Gasteiger partial charge in [0, 0.05) is 5.75 Å². The molecule has 1 atom stereocenters. The Hall–Kier alpha value is -0.220. The van der Waals surface area contributed by atoms with E-state index in [0.717, 1.165) is 37.2 Å². The number of esters is 1. The standard InChI is InChI=1S/C11H18O3S/c1-2-14-9(12)10(6-7-15-8-10)11(13)4-3-5-11/h13H,2-8H2,1H3. The second kappa shape index (κ2) is 3.98. The summed E-state index contributed by atoms with van der Waals surface area (Å²) in [5.41, 5.74) is -1.38. The second-order valence-electron chi connectivity index (χ2n) is 4.49. The van der Waals surface area contributed by atoms with Crippen LogP contribution in [0, 0.1) is 5.41 Å². The molecule has 1 aliphatic carbocycles. The molecule has 0 amide bonds. The number of aliphatic hydroxyl groups is 1. The predicted molar refractivity (Wildman–Crippen MR) is 59.8 cm³/mol. The molecule has 1 saturated heterocycles. The number of carbonyl (C=O) groups excluding carboxylic acids is 1. The summed E-state index contributed by atoms with van der Waals surface area (Å²) in [6, 6.07) is 0. The van der Waals surface area contributed by atoms with Crippen molar-refractivity contribution < 1.29 is 14.6 Å². The van der Waals surface area contributed by atoms with Crippen molar-refractivity contribution in [3.63, 3.8) is 0 Å². The van der Waals surface area contributed by atoms with Gasteiger partial charge in [0.2, 0.25) is 0 Å². The lowest BCUT2D eigenvalue weighted by atomic mass is 9.61. The minimum Gasteiger partial charge on any atom is -0.465 e. The Morgan fingerprint density at radius 2 is 2.20 bits per heavy atom. The highest BCUT2D eigenvalue weighted by Gasteiger charge is 2.60. The molecular formula is C11H18O3S. The Labute approximate surface area is 94.6 Å². The lowest BCUT2D eigenvalue weighted by Gasteiger charge is -2.48. The van der Waals surface area contributed by atoms with Gasteiger partial charge in [-0.25, -0.2) is 0 Å². The van der Waals surface area contributed by atoms with Gasteiger partial charge >= 0.3 is 5.97 Å². The van der Waals surface area contributed by atoms with Gasteiger partial charge in [-0.1, -0.05) is 0 Å². The Morgan fingerprint density at radius 3 is 2.60 bits per heavy atom. The smallest absolute Gasteiger partial charge is 0.315 e. The molecule has 1 unspecified atom stereocenters. The van der Waals surface area contributed by atoms with Crippen LogP contribution >= 0.6 is 11.8 Å². The maximum Gasteiger partial charge on any atom is 0.315 e. The fourth-order valence-corrected chi connectivity index (χ4v) is 4.06. The topological polar surface area (TPSA) is 46.5 Å². The number of ether oxygens (including phenoxy) is 1. The second-order valence-corrected chi connectivity index (χ2v) is 5.60. The third-order valence-corrected chi connectivity index (χ3v) is 4.95. The maximum absolute atomic E-state index is 12.0. The molecule has 2 rings (SSSR count). The van der Waals surface area contributed by atoms with Gasteiger partial charge in [0.1, 0.15) is 5.41 Å². The van der Waals surface area contributed by atoms with Gasteiger partial charge in [-0.15, -0.1) is 0 Å². The molecule has 1 saturated carbocycles. The summed E-state index contributed by atoms with van der Waals surface area (Å²) in [5.74, 6) is 1.50. The monoisotopic (exact) mass is 230 g/mol. The number of carbonyl (C=O) groups is 1. The van der Waals surface area contributed by atoms with Gasteiger partial charge in [-0.2, -0.15) is 11.8 Å². The van der Waals surface area contributed by atoms with Crippen LogP contribution in [0.2, 0.25) is 0 Å². The molecule has 2 fully saturated rings. The van der Waals surface area contributed by atoms with Gasteiger partial charge in [0.25, 0.3) is 0 Å². The van der Waals surface area contributed by atoms with Crippen LogP contribution < -0.4 is 0 Å². The number of hydrogen-bond acceptors (Lipinski definition) is 4. The fraction of sp³-hybridized carbons (Fsp3) is 0.909. The summed E-state index contributed by atoms with van der Waals surface area (Å²) < 4.78 is 5.14. The fourth-order valence-electron chi connectivity index (χ4n) is 2.54. The summed E-state index contributed by atoms with van der Waals surface area (Å²) in [6.07, 6.45) is 3.31. The first-order chi connectivity index (χ1) is 7.15. The summed E-state index contributed by atoms with van der Waals surface area (Å²) in [5, 5.41) is 10.4. The van der Waals surface area contributed by atoms with E-state index < -0.39 is 11.0 Å². The third-order valence-electron chi connectivity index (χ3n) is 3.76. The van der Waals surface area contributed by atoms with Crippen LogP contribution in [0.15, 0.2) is 0 Å². The van der Waals surface area contributed by atoms with Crippen LogP contribution in [-0.4, -0.2) is 34.8 Å². The highest BCUT2D eigenvalue weighted by molar-refractivity contribution is 7.99. The Bertz CT molecular complexity index is 255. The molecule has 86 valence electrons. The Kier molecular flexibility index (Phi) is 2.99. The normalized spacial score (nSPS) is 33.5. The maximum atomic E-state index is 12.0. The van der Waals surface area contributed by atoms with Gasteiger partial charge in [-0.05, 0) is 38.4 Å². The first kappa shape index (κ1) is 11.3. The summed E-state index contributed by atoms with van der Waals surface area (Å²) >= 11 is 1.75. The molecule has 1 aliphatic heterocycles. The largest absolute Gasteiger partial charge is 0.465 e. The van der Waals surface area contributed by atoms with Crippen molar-refractivity contribution in [2.24, 2.45) is 5.41 Å². The highest BCUT2D eigenvalue weighted by atomic mass is 32.2. The zero-order valence-corrected chi connectivity index (χ0v) is 9.94. The van der Waals surface area contributed by atoms with E-state index in [9.17, 15) is 9.90 Å². The molecule has 3 nitrogen and oxygen atoms in total. The van der Waals surface area contributed by atoms with Crippen molar-refractivity contribution in [2.75, 3.05) is 18.1 Å². The molecule has 1 N–H and O–H groups in total. The summed E-state index contributed by atoms with van der Waals surface area (Å²) in [4.78, 5) is 12.0. The molecular weight excluding hydrogens is 212 g/mol. The van der Waals surface area contributed by atoms with Crippen LogP contribution in [-0.2, 0) is 9.53 Å². The van der Waals surface area contributed by atoms with Crippen molar-refractivity contribution in [3.05, 3.63) is 0 Å². The average molecular weight is 230 g/mol. The van der Waals surface area contributed by atoms with E-state index in [4.69, 9.17) is 4.74 Å². The van der Waals surface area contributed by atoms with E-state index in [1.54, 1.807) is 11.8 Å². The molecule has 0 radical (unpaired) electrons. The van der Waals surface area contributed by atoms with Crippen LogP contribution in [0.4, 0.5) is 0 Å². The molecule has 1 heterocycles. The highest BCUT2D eigenvalue weighted by Crippen LogP contribution is 2.54. The minimum atomic E-state index is -0.775. The zero-order chi connectivity index (χ0) is 10.9. The van der Waals surface area contributed by atoms with E-state index >= 15 is 0 Å². The van der Waals surface area contributed by atoms with Gasteiger partial charge in [-0.3, -0.25) is 4.79 Å². The van der Waals surface area contributed by atoms with E-state index in [1.165, 1.54) is 0 Å². The molecule has 0 aromatic heterocycles.